The molecule has 1 aromatic carbocycles. The fraction of sp³-hybridized carbons (Fsp3) is 0.286. The lowest BCUT2D eigenvalue weighted by molar-refractivity contribution is 0.778. The quantitative estimate of drug-likeness (QED) is 0.615. The first-order chi connectivity index (χ1) is 9.35. The third-order valence-corrected chi connectivity index (χ3v) is 2.85. The summed E-state index contributed by atoms with van der Waals surface area (Å²) in [6.45, 7) is 3.08. The zero-order chi connectivity index (χ0) is 13.5. The van der Waals surface area contributed by atoms with Gasteiger partial charge in [0.15, 0.2) is 11.6 Å². The van der Waals surface area contributed by atoms with E-state index in [4.69, 9.17) is 5.84 Å². The molecule has 0 aliphatic rings. The van der Waals surface area contributed by atoms with Crippen molar-refractivity contribution in [2.75, 3.05) is 16.9 Å². The predicted octanol–water partition coefficient (Wildman–Crippen LogP) is 2.70. The van der Waals surface area contributed by atoms with Crippen LogP contribution in [0.15, 0.2) is 42.7 Å². The second kappa shape index (κ2) is 6.70. The maximum absolute atomic E-state index is 5.39. The molecule has 0 unspecified atom stereocenters. The second-order valence-corrected chi connectivity index (χ2v) is 4.25. The molecule has 100 valence electrons. The van der Waals surface area contributed by atoms with E-state index in [9.17, 15) is 0 Å². The number of para-hydroxylation sites is 1. The molecule has 0 saturated heterocycles. The molecule has 0 atom stereocenters. The number of nitrogen functional groups attached to an aromatic ring is 1. The van der Waals surface area contributed by atoms with Gasteiger partial charge in [0.2, 0.25) is 0 Å². The number of hydrazine groups is 1. The number of hydrogen-bond donors (Lipinski definition) is 2. The van der Waals surface area contributed by atoms with Crippen molar-refractivity contribution >= 4 is 17.3 Å². The Balaban J connectivity index is 2.31. The molecule has 0 spiro atoms. The van der Waals surface area contributed by atoms with Crippen molar-refractivity contribution in [1.29, 1.82) is 0 Å². The van der Waals surface area contributed by atoms with E-state index >= 15 is 0 Å². The van der Waals surface area contributed by atoms with Gasteiger partial charge in [0.25, 0.3) is 0 Å². The first kappa shape index (κ1) is 13.3. The minimum atomic E-state index is 0.565. The molecule has 3 N–H and O–H groups in total. The molecule has 0 fully saturated rings. The van der Waals surface area contributed by atoms with E-state index in [1.807, 2.05) is 18.2 Å². The average Bonchev–Trinajstić information content (AvgIpc) is 2.49. The highest BCUT2D eigenvalue weighted by atomic mass is 15.3. The molecule has 0 radical (unpaired) electrons. The van der Waals surface area contributed by atoms with E-state index in [1.54, 1.807) is 12.4 Å². The van der Waals surface area contributed by atoms with Crippen molar-refractivity contribution in [3.8, 4) is 0 Å². The van der Waals surface area contributed by atoms with Crippen molar-refractivity contribution < 1.29 is 0 Å². The lowest BCUT2D eigenvalue weighted by Gasteiger charge is -2.23. The number of hydrogen-bond acceptors (Lipinski definition) is 5. The standard InChI is InChI=1S/C14H19N5/c1-2-3-9-19(12-7-5-4-6-8-12)14-11-16-10-13(17-14)18-15/h4-8,10-11H,2-3,9,15H2,1H3,(H,17,18). The Morgan fingerprint density at radius 1 is 1.21 bits per heavy atom. The maximum Gasteiger partial charge on any atom is 0.160 e. The summed E-state index contributed by atoms with van der Waals surface area (Å²) in [5, 5.41) is 0. The van der Waals surface area contributed by atoms with Gasteiger partial charge in [-0.05, 0) is 18.6 Å². The van der Waals surface area contributed by atoms with Gasteiger partial charge in [-0.1, -0.05) is 31.5 Å². The van der Waals surface area contributed by atoms with Gasteiger partial charge in [0.05, 0.1) is 12.4 Å². The SMILES string of the molecule is CCCCN(c1ccccc1)c1cncc(NN)n1. The molecule has 2 aromatic rings. The monoisotopic (exact) mass is 257 g/mol. The summed E-state index contributed by atoms with van der Waals surface area (Å²) in [5.41, 5.74) is 3.64. The van der Waals surface area contributed by atoms with Crippen LogP contribution in [0.3, 0.4) is 0 Å². The predicted molar refractivity (Wildman–Crippen MR) is 78.2 cm³/mol. The molecular weight excluding hydrogens is 238 g/mol. The van der Waals surface area contributed by atoms with Crippen molar-refractivity contribution in [3.63, 3.8) is 0 Å². The van der Waals surface area contributed by atoms with Gasteiger partial charge in [0.1, 0.15) is 0 Å². The van der Waals surface area contributed by atoms with Gasteiger partial charge in [0, 0.05) is 12.2 Å². The lowest BCUT2D eigenvalue weighted by Crippen LogP contribution is -2.20. The third-order valence-electron chi connectivity index (χ3n) is 2.85. The van der Waals surface area contributed by atoms with Crippen molar-refractivity contribution in [3.05, 3.63) is 42.7 Å². The zero-order valence-corrected chi connectivity index (χ0v) is 11.1. The first-order valence-corrected chi connectivity index (χ1v) is 6.46. The molecule has 1 heterocycles. The summed E-state index contributed by atoms with van der Waals surface area (Å²) in [5.74, 6) is 6.75. The third kappa shape index (κ3) is 3.42. The number of anilines is 3. The number of benzene rings is 1. The molecule has 2 rings (SSSR count). The summed E-state index contributed by atoms with van der Waals surface area (Å²) >= 11 is 0. The van der Waals surface area contributed by atoms with E-state index in [0.717, 1.165) is 30.9 Å². The highest BCUT2D eigenvalue weighted by molar-refractivity contribution is 5.60. The molecule has 0 saturated carbocycles. The molecule has 1 aromatic heterocycles. The number of unbranched alkanes of at least 4 members (excludes halogenated alkanes) is 1. The lowest BCUT2D eigenvalue weighted by atomic mass is 10.2. The smallest absolute Gasteiger partial charge is 0.160 e. The Morgan fingerprint density at radius 3 is 2.68 bits per heavy atom. The Bertz CT molecular complexity index is 500. The van der Waals surface area contributed by atoms with E-state index in [2.05, 4.69) is 39.4 Å². The fourth-order valence-electron chi connectivity index (χ4n) is 1.86. The number of nitrogens with two attached hydrogens (primary N) is 1. The van der Waals surface area contributed by atoms with Crippen LogP contribution >= 0.6 is 0 Å². The Hall–Kier alpha value is -2.14. The number of nitrogens with zero attached hydrogens (tertiary/aromatic N) is 3. The highest BCUT2D eigenvalue weighted by Gasteiger charge is 2.10. The average molecular weight is 257 g/mol. The van der Waals surface area contributed by atoms with Crippen molar-refractivity contribution in [1.82, 2.24) is 9.97 Å². The van der Waals surface area contributed by atoms with Crippen LogP contribution in [-0.2, 0) is 0 Å². The van der Waals surface area contributed by atoms with Crippen LogP contribution in [0.25, 0.3) is 0 Å². The van der Waals surface area contributed by atoms with Crippen LogP contribution < -0.4 is 16.2 Å². The number of nitrogens with one attached hydrogen (secondary N) is 1. The highest BCUT2D eigenvalue weighted by Crippen LogP contribution is 2.23. The van der Waals surface area contributed by atoms with Gasteiger partial charge in [-0.25, -0.2) is 10.8 Å². The molecule has 0 amide bonds. The van der Waals surface area contributed by atoms with Crippen LogP contribution in [0.4, 0.5) is 17.3 Å². The summed E-state index contributed by atoms with van der Waals surface area (Å²) < 4.78 is 0. The number of aromatic nitrogens is 2. The maximum atomic E-state index is 5.39. The van der Waals surface area contributed by atoms with Gasteiger partial charge >= 0.3 is 0 Å². The minimum Gasteiger partial charge on any atom is -0.325 e. The largest absolute Gasteiger partial charge is 0.325 e. The number of rotatable bonds is 6. The van der Waals surface area contributed by atoms with Crippen LogP contribution in [0, 0.1) is 0 Å². The van der Waals surface area contributed by atoms with Gasteiger partial charge in [-0.2, -0.15) is 0 Å². The fourth-order valence-corrected chi connectivity index (χ4v) is 1.86. The van der Waals surface area contributed by atoms with E-state index in [-0.39, 0.29) is 0 Å². The molecule has 0 aliphatic heterocycles. The second-order valence-electron chi connectivity index (χ2n) is 4.25. The molecule has 0 aliphatic carbocycles. The van der Waals surface area contributed by atoms with Crippen LogP contribution in [-0.4, -0.2) is 16.5 Å². The van der Waals surface area contributed by atoms with Gasteiger partial charge < -0.3 is 10.3 Å². The summed E-state index contributed by atoms with van der Waals surface area (Å²) in [6.07, 6.45) is 5.58. The van der Waals surface area contributed by atoms with Crippen molar-refractivity contribution in [2.24, 2.45) is 5.84 Å². The zero-order valence-electron chi connectivity index (χ0n) is 11.1. The molecule has 5 nitrogen and oxygen atoms in total. The summed E-state index contributed by atoms with van der Waals surface area (Å²) in [7, 11) is 0. The van der Waals surface area contributed by atoms with Gasteiger partial charge in [-0.3, -0.25) is 4.98 Å². The van der Waals surface area contributed by atoms with Crippen LogP contribution in [0.5, 0.6) is 0 Å². The summed E-state index contributed by atoms with van der Waals surface area (Å²) in [4.78, 5) is 10.8. The molecular formula is C14H19N5. The van der Waals surface area contributed by atoms with Crippen LogP contribution in [0.2, 0.25) is 0 Å². The molecule has 0 bridgehead atoms. The van der Waals surface area contributed by atoms with E-state index in [0.29, 0.717) is 5.82 Å². The normalized spacial score (nSPS) is 10.2. The first-order valence-electron chi connectivity index (χ1n) is 6.46. The molecule has 19 heavy (non-hydrogen) atoms. The summed E-state index contributed by atoms with van der Waals surface area (Å²) in [6, 6.07) is 10.2. The molecule has 5 heteroatoms. The Kier molecular flexibility index (Phi) is 4.69. The van der Waals surface area contributed by atoms with Crippen LogP contribution in [0.1, 0.15) is 19.8 Å². The van der Waals surface area contributed by atoms with E-state index < -0.39 is 0 Å². The van der Waals surface area contributed by atoms with Gasteiger partial charge in [-0.15, -0.1) is 0 Å². The van der Waals surface area contributed by atoms with Crippen molar-refractivity contribution in [2.45, 2.75) is 19.8 Å². The Labute approximate surface area is 113 Å². The topological polar surface area (TPSA) is 67.1 Å². The minimum absolute atomic E-state index is 0.565. The Morgan fingerprint density at radius 2 is 2.00 bits per heavy atom. The van der Waals surface area contributed by atoms with E-state index in [1.165, 1.54) is 0 Å².